The molecule has 1 fully saturated rings. The van der Waals surface area contributed by atoms with E-state index in [2.05, 4.69) is 15.2 Å². The lowest BCUT2D eigenvalue weighted by Crippen LogP contribution is -2.41. The molecule has 0 radical (unpaired) electrons. The highest BCUT2D eigenvalue weighted by Crippen LogP contribution is 2.16. The zero-order valence-electron chi connectivity index (χ0n) is 14.3. The second-order valence-electron chi connectivity index (χ2n) is 5.63. The molecule has 1 heterocycles. The number of methoxy groups -OCH3 is 1. The number of carbonyl (C=O) groups excluding carboxylic acids is 1. The van der Waals surface area contributed by atoms with Gasteiger partial charge in [0.2, 0.25) is 5.91 Å². The van der Waals surface area contributed by atoms with E-state index < -0.39 is 0 Å². The summed E-state index contributed by atoms with van der Waals surface area (Å²) in [6, 6.07) is 0. The molecule has 1 saturated heterocycles. The van der Waals surface area contributed by atoms with E-state index in [4.69, 9.17) is 9.47 Å². The lowest BCUT2D eigenvalue weighted by Gasteiger charge is -2.22. The van der Waals surface area contributed by atoms with Crippen molar-refractivity contribution in [1.29, 1.82) is 0 Å². The van der Waals surface area contributed by atoms with Gasteiger partial charge in [-0.3, -0.25) is 4.79 Å². The maximum atomic E-state index is 11.7. The fraction of sp³-hybridized carbons (Fsp3) is 0.867. The summed E-state index contributed by atoms with van der Waals surface area (Å²) in [5, 5.41) is 3.26. The van der Waals surface area contributed by atoms with Crippen LogP contribution >= 0.6 is 0 Å². The molecule has 0 aliphatic carbocycles. The van der Waals surface area contributed by atoms with Gasteiger partial charge in [-0.1, -0.05) is 0 Å². The second-order valence-corrected chi connectivity index (χ2v) is 5.63. The fourth-order valence-electron chi connectivity index (χ4n) is 2.26. The van der Waals surface area contributed by atoms with Crippen LogP contribution in [0.5, 0.6) is 0 Å². The van der Waals surface area contributed by atoms with Gasteiger partial charge in [-0.05, 0) is 13.3 Å². The largest absolute Gasteiger partial charge is 0.382 e. The Hall–Kier alpha value is -1.34. The zero-order valence-corrected chi connectivity index (χ0v) is 14.3. The van der Waals surface area contributed by atoms with Crippen molar-refractivity contribution in [2.45, 2.75) is 13.3 Å². The smallest absolute Gasteiger partial charge is 0.243 e. The van der Waals surface area contributed by atoms with Crippen molar-refractivity contribution in [3.63, 3.8) is 0 Å². The number of amides is 1. The van der Waals surface area contributed by atoms with Gasteiger partial charge in [-0.15, -0.1) is 0 Å². The first kappa shape index (κ1) is 18.7. The molecule has 1 unspecified atom stereocenters. The Morgan fingerprint density at radius 1 is 1.41 bits per heavy atom. The molecule has 128 valence electrons. The van der Waals surface area contributed by atoms with Crippen molar-refractivity contribution < 1.29 is 14.3 Å². The second kappa shape index (κ2) is 10.4. The van der Waals surface area contributed by atoms with Crippen LogP contribution in [0.3, 0.4) is 0 Å². The summed E-state index contributed by atoms with van der Waals surface area (Å²) in [5.74, 6) is 1.33. The van der Waals surface area contributed by atoms with Crippen molar-refractivity contribution in [2.75, 3.05) is 67.2 Å². The van der Waals surface area contributed by atoms with E-state index in [-0.39, 0.29) is 12.5 Å². The maximum absolute atomic E-state index is 11.7. The van der Waals surface area contributed by atoms with Crippen molar-refractivity contribution in [3.05, 3.63) is 0 Å². The Labute approximate surface area is 133 Å². The van der Waals surface area contributed by atoms with Crippen LogP contribution in [0.25, 0.3) is 0 Å². The van der Waals surface area contributed by atoms with E-state index in [1.54, 1.807) is 26.1 Å². The minimum absolute atomic E-state index is 0.00838. The summed E-state index contributed by atoms with van der Waals surface area (Å²) in [5.41, 5.74) is 0. The summed E-state index contributed by atoms with van der Waals surface area (Å²) in [6.07, 6.45) is 1.08. The number of likely N-dealkylation sites (N-methyl/N-ethyl adjacent to an activating group) is 1. The van der Waals surface area contributed by atoms with Gasteiger partial charge in [-0.25, -0.2) is 4.99 Å². The molecule has 0 aromatic heterocycles. The van der Waals surface area contributed by atoms with Gasteiger partial charge >= 0.3 is 0 Å². The van der Waals surface area contributed by atoms with E-state index in [1.807, 2.05) is 6.92 Å². The SMILES string of the molecule is CCNC(=NCC(=O)N(C)C)N1CCC(COCCOC)C1. The molecular formula is C15H30N4O3. The molecule has 1 aliphatic rings. The van der Waals surface area contributed by atoms with E-state index in [1.165, 1.54) is 0 Å². The topological polar surface area (TPSA) is 66.4 Å². The molecule has 0 aromatic rings. The summed E-state index contributed by atoms with van der Waals surface area (Å²) in [6.45, 7) is 6.88. The first-order valence-corrected chi connectivity index (χ1v) is 7.88. The number of hydrogen-bond acceptors (Lipinski definition) is 4. The average molecular weight is 314 g/mol. The molecule has 7 nitrogen and oxygen atoms in total. The molecule has 1 amide bonds. The third kappa shape index (κ3) is 6.62. The lowest BCUT2D eigenvalue weighted by atomic mass is 10.1. The van der Waals surface area contributed by atoms with Crippen molar-refractivity contribution >= 4 is 11.9 Å². The average Bonchev–Trinajstić information content (AvgIpc) is 2.96. The Kier molecular flexibility index (Phi) is 8.84. The number of aliphatic imine (C=N–C) groups is 1. The van der Waals surface area contributed by atoms with Gasteiger partial charge in [0.25, 0.3) is 0 Å². The highest BCUT2D eigenvalue weighted by Gasteiger charge is 2.25. The van der Waals surface area contributed by atoms with Gasteiger partial charge in [0, 0.05) is 46.8 Å². The van der Waals surface area contributed by atoms with Crippen LogP contribution in [0.4, 0.5) is 0 Å². The van der Waals surface area contributed by atoms with Crippen LogP contribution in [-0.4, -0.2) is 88.9 Å². The van der Waals surface area contributed by atoms with Crippen molar-refractivity contribution in [2.24, 2.45) is 10.9 Å². The van der Waals surface area contributed by atoms with Crippen LogP contribution in [0, 0.1) is 5.92 Å². The molecular weight excluding hydrogens is 284 g/mol. The lowest BCUT2D eigenvalue weighted by molar-refractivity contribution is -0.127. The number of likely N-dealkylation sites (tertiary alicyclic amines) is 1. The van der Waals surface area contributed by atoms with E-state index in [9.17, 15) is 4.79 Å². The Bertz CT molecular complexity index is 361. The molecule has 22 heavy (non-hydrogen) atoms. The predicted molar refractivity (Wildman–Crippen MR) is 87.0 cm³/mol. The van der Waals surface area contributed by atoms with Gasteiger partial charge in [0.05, 0.1) is 19.8 Å². The number of hydrogen-bond donors (Lipinski definition) is 1. The Morgan fingerprint density at radius 2 is 2.18 bits per heavy atom. The van der Waals surface area contributed by atoms with Crippen LogP contribution in [0.1, 0.15) is 13.3 Å². The molecule has 1 N–H and O–H groups in total. The maximum Gasteiger partial charge on any atom is 0.243 e. The summed E-state index contributed by atoms with van der Waals surface area (Å²) in [4.78, 5) is 19.9. The minimum Gasteiger partial charge on any atom is -0.382 e. The van der Waals surface area contributed by atoms with Gasteiger partial charge in [0.1, 0.15) is 6.54 Å². The third-order valence-corrected chi connectivity index (χ3v) is 3.57. The molecule has 1 atom stereocenters. The minimum atomic E-state index is 0.00838. The molecule has 0 saturated carbocycles. The predicted octanol–water partition coefficient (Wildman–Crippen LogP) is 0.0250. The fourth-order valence-corrected chi connectivity index (χ4v) is 2.26. The highest BCUT2D eigenvalue weighted by molar-refractivity contribution is 5.85. The first-order valence-electron chi connectivity index (χ1n) is 7.88. The standard InChI is InChI=1S/C15H30N4O3/c1-5-16-15(17-10-14(20)18(2)3)19-7-6-13(11-19)12-22-9-8-21-4/h13H,5-12H2,1-4H3,(H,16,17). The normalized spacial score (nSPS) is 18.6. The zero-order chi connectivity index (χ0) is 16.4. The van der Waals surface area contributed by atoms with Crippen molar-refractivity contribution in [3.8, 4) is 0 Å². The molecule has 0 spiro atoms. The van der Waals surface area contributed by atoms with Crippen LogP contribution in [-0.2, 0) is 14.3 Å². The quantitative estimate of drug-likeness (QED) is 0.389. The Balaban J connectivity index is 2.44. The number of ether oxygens (including phenoxy) is 2. The van der Waals surface area contributed by atoms with Gasteiger partial charge < -0.3 is 24.6 Å². The molecule has 0 aromatic carbocycles. The van der Waals surface area contributed by atoms with E-state index >= 15 is 0 Å². The van der Waals surface area contributed by atoms with Crippen molar-refractivity contribution in [1.82, 2.24) is 15.1 Å². The number of nitrogens with one attached hydrogen (secondary N) is 1. The third-order valence-electron chi connectivity index (χ3n) is 3.57. The first-order chi connectivity index (χ1) is 10.6. The van der Waals surface area contributed by atoms with Gasteiger partial charge in [0.15, 0.2) is 5.96 Å². The molecule has 7 heteroatoms. The summed E-state index contributed by atoms with van der Waals surface area (Å²) >= 11 is 0. The number of guanidine groups is 1. The summed E-state index contributed by atoms with van der Waals surface area (Å²) < 4.78 is 10.6. The monoisotopic (exact) mass is 314 g/mol. The Morgan fingerprint density at radius 3 is 2.82 bits per heavy atom. The number of carbonyl (C=O) groups is 1. The number of rotatable bonds is 8. The molecule has 0 bridgehead atoms. The molecule has 1 rings (SSSR count). The van der Waals surface area contributed by atoms with Gasteiger partial charge in [-0.2, -0.15) is 0 Å². The summed E-state index contributed by atoms with van der Waals surface area (Å²) in [7, 11) is 5.16. The van der Waals surface area contributed by atoms with E-state index in [0.29, 0.717) is 19.1 Å². The van der Waals surface area contributed by atoms with Crippen LogP contribution < -0.4 is 5.32 Å². The molecule has 1 aliphatic heterocycles. The van der Waals surface area contributed by atoms with Crippen LogP contribution in [0.15, 0.2) is 4.99 Å². The van der Waals surface area contributed by atoms with Crippen LogP contribution in [0.2, 0.25) is 0 Å². The highest BCUT2D eigenvalue weighted by atomic mass is 16.5. The van der Waals surface area contributed by atoms with E-state index in [0.717, 1.165) is 38.6 Å². The number of nitrogens with zero attached hydrogens (tertiary/aromatic N) is 3.